The maximum Gasteiger partial charge on any atom is 0.351 e. The van der Waals surface area contributed by atoms with Crippen molar-refractivity contribution in [1.29, 1.82) is 0 Å². The third kappa shape index (κ3) is 2.77. The van der Waals surface area contributed by atoms with E-state index in [1.54, 1.807) is 20.8 Å². The molecule has 0 saturated carbocycles. The highest BCUT2D eigenvalue weighted by Gasteiger charge is 2.43. The molecule has 0 aliphatic carbocycles. The minimum atomic E-state index is -1.68. The van der Waals surface area contributed by atoms with E-state index in [4.69, 9.17) is 4.74 Å². The Morgan fingerprint density at radius 1 is 1.42 bits per heavy atom. The molecule has 3 rings (SSSR count). The molecule has 3 heterocycles. The molecule has 4 nitrogen and oxygen atoms in total. The topological polar surface area (TPSA) is 49.8 Å². The van der Waals surface area contributed by atoms with Crippen molar-refractivity contribution in [2.45, 2.75) is 45.3 Å². The molecule has 2 atom stereocenters. The number of carbonyl (C=O) groups excluding carboxylic acids is 1. The van der Waals surface area contributed by atoms with Crippen LogP contribution in [0.3, 0.4) is 0 Å². The Morgan fingerprint density at radius 2 is 2.05 bits per heavy atom. The lowest BCUT2D eigenvalue weighted by Crippen LogP contribution is -2.54. The molecule has 2 bridgehead atoms. The van der Waals surface area contributed by atoms with Crippen molar-refractivity contribution in [3.05, 3.63) is 0 Å². The molecule has 0 aromatic heterocycles. The lowest BCUT2D eigenvalue weighted by Gasteiger charge is -2.44. The van der Waals surface area contributed by atoms with Crippen LogP contribution in [0.5, 0.6) is 0 Å². The molecule has 4 heteroatoms. The molecule has 19 heavy (non-hydrogen) atoms. The fraction of sp³-hybridized carbons (Fsp3) is 0.800. The summed E-state index contributed by atoms with van der Waals surface area (Å²) in [4.78, 5) is 14.6. The molecule has 3 saturated heterocycles. The first-order valence-electron chi connectivity index (χ1n) is 7.07. The van der Waals surface area contributed by atoms with Crippen molar-refractivity contribution in [3.8, 4) is 11.8 Å². The molecule has 1 N–H and O–H groups in total. The fourth-order valence-corrected chi connectivity index (χ4v) is 2.89. The van der Waals surface area contributed by atoms with E-state index in [0.29, 0.717) is 5.92 Å². The minimum Gasteiger partial charge on any atom is -0.458 e. The van der Waals surface area contributed by atoms with Gasteiger partial charge in [0.25, 0.3) is 0 Å². The molecule has 0 aromatic rings. The smallest absolute Gasteiger partial charge is 0.351 e. The Hall–Kier alpha value is -1.05. The number of rotatable bonds is 3. The molecule has 0 radical (unpaired) electrons. The summed E-state index contributed by atoms with van der Waals surface area (Å²) in [5, 5.41) is 10.4. The van der Waals surface area contributed by atoms with Gasteiger partial charge in [-0.1, -0.05) is 19.8 Å². The van der Waals surface area contributed by atoms with E-state index >= 15 is 0 Å². The van der Waals surface area contributed by atoms with Crippen LogP contribution in [-0.2, 0) is 9.53 Å². The number of esters is 1. The average molecular weight is 265 g/mol. The monoisotopic (exact) mass is 265 g/mol. The fourth-order valence-electron chi connectivity index (χ4n) is 2.89. The highest BCUT2D eigenvalue weighted by molar-refractivity contribution is 5.83. The first-order chi connectivity index (χ1) is 8.97. The molecule has 0 unspecified atom stereocenters. The molecular formula is C15H23NO3. The van der Waals surface area contributed by atoms with Gasteiger partial charge >= 0.3 is 5.97 Å². The molecule has 0 spiro atoms. The zero-order chi connectivity index (χ0) is 14.0. The van der Waals surface area contributed by atoms with Crippen molar-refractivity contribution in [2.75, 3.05) is 19.6 Å². The Kier molecular flexibility index (Phi) is 4.17. The van der Waals surface area contributed by atoms with E-state index in [-0.39, 0.29) is 12.0 Å². The van der Waals surface area contributed by atoms with Gasteiger partial charge in [-0.3, -0.25) is 4.90 Å². The summed E-state index contributed by atoms with van der Waals surface area (Å²) in [5.41, 5.74) is -1.68. The van der Waals surface area contributed by atoms with Gasteiger partial charge in [-0.25, -0.2) is 4.79 Å². The summed E-state index contributed by atoms with van der Waals surface area (Å²) >= 11 is 0. The standard InChI is InChI=1S/C15H23NO3/c1-4-7-15(18,11(2)3)14(17)19-13-10-16-8-5-12(13)6-9-16/h11-13,18H,5-6,8-10H2,1-3H3/t13-,15+/m0/s1. The van der Waals surface area contributed by atoms with Gasteiger partial charge in [-0.2, -0.15) is 0 Å². The molecule has 0 aromatic carbocycles. The second kappa shape index (κ2) is 5.52. The summed E-state index contributed by atoms with van der Waals surface area (Å²) < 4.78 is 5.57. The Labute approximate surface area is 115 Å². The molecule has 0 amide bonds. The zero-order valence-corrected chi connectivity index (χ0v) is 12.0. The van der Waals surface area contributed by atoms with Crippen LogP contribution in [0, 0.1) is 23.7 Å². The van der Waals surface area contributed by atoms with Crippen LogP contribution < -0.4 is 0 Å². The number of aliphatic hydroxyl groups is 1. The maximum absolute atomic E-state index is 12.2. The number of ether oxygens (including phenoxy) is 1. The maximum atomic E-state index is 12.2. The Bertz CT molecular complexity index is 401. The number of fused-ring (bicyclic) bond motifs is 3. The van der Waals surface area contributed by atoms with Crippen molar-refractivity contribution >= 4 is 5.97 Å². The Balaban J connectivity index is 2.05. The largest absolute Gasteiger partial charge is 0.458 e. The van der Waals surface area contributed by atoms with Gasteiger partial charge in [-0.05, 0) is 38.8 Å². The van der Waals surface area contributed by atoms with Gasteiger partial charge in [0.05, 0.1) is 0 Å². The number of nitrogens with zero attached hydrogens (tertiary/aromatic N) is 1. The molecule has 3 fully saturated rings. The van der Waals surface area contributed by atoms with Crippen LogP contribution in [0.2, 0.25) is 0 Å². The van der Waals surface area contributed by atoms with E-state index in [0.717, 1.165) is 32.5 Å². The molecular weight excluding hydrogens is 242 g/mol. The van der Waals surface area contributed by atoms with Gasteiger partial charge < -0.3 is 9.84 Å². The summed E-state index contributed by atoms with van der Waals surface area (Å²) in [6, 6.07) is 0. The summed E-state index contributed by atoms with van der Waals surface area (Å²) in [5.74, 6) is 4.81. The molecule has 3 aliphatic rings. The highest BCUT2D eigenvalue weighted by atomic mass is 16.6. The Morgan fingerprint density at radius 3 is 2.47 bits per heavy atom. The first kappa shape index (κ1) is 14.4. The predicted octanol–water partition coefficient (Wildman–Crippen LogP) is 1.03. The second-order valence-corrected chi connectivity index (χ2v) is 5.88. The number of hydrogen-bond acceptors (Lipinski definition) is 4. The minimum absolute atomic E-state index is 0.0843. The van der Waals surface area contributed by atoms with Gasteiger partial charge in [0.2, 0.25) is 5.60 Å². The third-order valence-electron chi connectivity index (χ3n) is 4.32. The lowest BCUT2D eigenvalue weighted by molar-refractivity contribution is -0.177. The van der Waals surface area contributed by atoms with E-state index in [9.17, 15) is 9.90 Å². The second-order valence-electron chi connectivity index (χ2n) is 5.88. The van der Waals surface area contributed by atoms with Crippen molar-refractivity contribution in [2.24, 2.45) is 11.8 Å². The van der Waals surface area contributed by atoms with Crippen LogP contribution >= 0.6 is 0 Å². The van der Waals surface area contributed by atoms with Gasteiger partial charge in [0.15, 0.2) is 0 Å². The normalized spacial score (nSPS) is 32.4. The quantitative estimate of drug-likeness (QED) is 0.612. The highest BCUT2D eigenvalue weighted by Crippen LogP contribution is 2.31. The number of hydrogen-bond donors (Lipinski definition) is 1. The van der Waals surface area contributed by atoms with Gasteiger partial charge in [-0.15, -0.1) is 5.92 Å². The van der Waals surface area contributed by atoms with Crippen LogP contribution in [0.4, 0.5) is 0 Å². The van der Waals surface area contributed by atoms with E-state index in [1.807, 2.05) is 0 Å². The SMILES string of the molecule is CC#C[C@](O)(C(=O)O[C@H]1CN2CCC1CC2)C(C)C. The van der Waals surface area contributed by atoms with Crippen molar-refractivity contribution < 1.29 is 14.6 Å². The zero-order valence-electron chi connectivity index (χ0n) is 12.0. The van der Waals surface area contributed by atoms with Gasteiger partial charge in [0.1, 0.15) is 6.10 Å². The number of carbonyl (C=O) groups is 1. The lowest BCUT2D eigenvalue weighted by atomic mass is 9.85. The number of piperidine rings is 3. The van der Waals surface area contributed by atoms with Crippen LogP contribution in [0.15, 0.2) is 0 Å². The summed E-state index contributed by atoms with van der Waals surface area (Å²) in [7, 11) is 0. The molecule has 106 valence electrons. The first-order valence-corrected chi connectivity index (χ1v) is 7.07. The van der Waals surface area contributed by atoms with Crippen molar-refractivity contribution in [1.82, 2.24) is 4.90 Å². The van der Waals surface area contributed by atoms with E-state index < -0.39 is 11.6 Å². The predicted molar refractivity (Wildman–Crippen MR) is 72.3 cm³/mol. The van der Waals surface area contributed by atoms with E-state index in [1.165, 1.54) is 0 Å². The van der Waals surface area contributed by atoms with Crippen LogP contribution in [0.1, 0.15) is 33.6 Å². The molecule has 3 aliphatic heterocycles. The van der Waals surface area contributed by atoms with Crippen LogP contribution in [0.25, 0.3) is 0 Å². The average Bonchev–Trinajstić information content (AvgIpc) is 2.40. The van der Waals surface area contributed by atoms with Crippen molar-refractivity contribution in [3.63, 3.8) is 0 Å². The summed E-state index contributed by atoms with van der Waals surface area (Å²) in [6.07, 6.45) is 2.08. The third-order valence-corrected chi connectivity index (χ3v) is 4.32. The van der Waals surface area contributed by atoms with E-state index in [2.05, 4.69) is 16.7 Å². The van der Waals surface area contributed by atoms with Crippen LogP contribution in [-0.4, -0.2) is 47.3 Å². The van der Waals surface area contributed by atoms with Gasteiger partial charge in [0, 0.05) is 12.5 Å². The summed E-state index contributed by atoms with van der Waals surface area (Å²) in [6.45, 7) is 8.17.